The second-order valence-electron chi connectivity index (χ2n) is 5.42. The van der Waals surface area contributed by atoms with E-state index >= 15 is 0 Å². The van der Waals surface area contributed by atoms with Crippen LogP contribution >= 0.6 is 19.4 Å². The molecule has 1 atom stereocenters. The van der Waals surface area contributed by atoms with Crippen LogP contribution in [0.5, 0.6) is 0 Å². The van der Waals surface area contributed by atoms with Crippen LogP contribution in [0.25, 0.3) is 0 Å². The van der Waals surface area contributed by atoms with Crippen LogP contribution < -0.4 is 29.6 Å². The van der Waals surface area contributed by atoms with Crippen molar-refractivity contribution in [3.05, 3.63) is 0 Å². The van der Waals surface area contributed by atoms with E-state index in [1.165, 1.54) is 44.9 Å². The van der Waals surface area contributed by atoms with Crippen molar-refractivity contribution < 1.29 is 53.1 Å². The van der Waals surface area contributed by atoms with E-state index in [0.29, 0.717) is 12.3 Å². The van der Waals surface area contributed by atoms with E-state index in [0.717, 1.165) is 19.3 Å². The number of halogens is 1. The Kier molecular flexibility index (Phi) is 22.8. The average Bonchev–Trinajstić information content (AvgIpc) is 2.53. The van der Waals surface area contributed by atoms with Crippen LogP contribution in [-0.2, 0) is 18.3 Å². The molecule has 0 rings (SSSR count). The third kappa shape index (κ3) is 18.0. The van der Waals surface area contributed by atoms with Gasteiger partial charge in [-0.15, -0.1) is 16.3 Å². The first-order valence-corrected chi connectivity index (χ1v) is 10.5. The van der Waals surface area contributed by atoms with Gasteiger partial charge in [0.25, 0.3) is 0 Å². The first-order valence-electron chi connectivity index (χ1n) is 8.46. The Hall–Kier alpha value is 1.36. The van der Waals surface area contributed by atoms with Crippen LogP contribution in [0.4, 0.5) is 0 Å². The van der Waals surface area contributed by atoms with Gasteiger partial charge in [0.1, 0.15) is 0 Å². The molecule has 0 bridgehead atoms. The van der Waals surface area contributed by atoms with Crippen LogP contribution in [0.3, 0.4) is 0 Å². The minimum atomic E-state index is -3.81. The molecular weight excluding hydrogens is 350 g/mol. The molecule has 0 aliphatic heterocycles. The molecule has 0 saturated heterocycles. The molecule has 134 valence electrons. The fourth-order valence-electron chi connectivity index (χ4n) is 2.08. The Morgan fingerprint density at radius 3 is 1.70 bits per heavy atom. The second-order valence-corrected chi connectivity index (χ2v) is 7.37. The maximum absolute atomic E-state index is 11.8. The SMILES string of the molecule is CCCCCCCCCCCCOP(=O)(OO)OCCCCl.[Na+]. The number of alkyl halides is 1. The molecule has 8 heteroatoms. The van der Waals surface area contributed by atoms with Gasteiger partial charge in [-0.25, -0.2) is 9.82 Å². The monoisotopic (exact) mass is 381 g/mol. The van der Waals surface area contributed by atoms with E-state index in [-0.39, 0.29) is 42.8 Å². The number of hydrogen-bond acceptors (Lipinski definition) is 5. The third-order valence-corrected chi connectivity index (χ3v) is 4.84. The van der Waals surface area contributed by atoms with Gasteiger partial charge >= 0.3 is 37.4 Å². The molecule has 0 saturated carbocycles. The standard InChI is InChI=1S/C15H32ClO5P.Na/c1-2-3-4-5-6-7-8-9-10-11-14-19-22(18,21-17)20-15-12-13-16;/h17H,2-15H2,1H3;/q;+1. The van der Waals surface area contributed by atoms with Crippen molar-refractivity contribution in [1.29, 1.82) is 0 Å². The molecule has 0 aliphatic rings. The first-order chi connectivity index (χ1) is 10.7. The van der Waals surface area contributed by atoms with Gasteiger partial charge in [-0.05, 0) is 12.8 Å². The summed E-state index contributed by atoms with van der Waals surface area (Å²) in [6.07, 6.45) is 12.6. The van der Waals surface area contributed by atoms with Crippen molar-refractivity contribution >= 4 is 19.4 Å². The predicted octanol–water partition coefficient (Wildman–Crippen LogP) is 3.17. The number of rotatable bonds is 17. The zero-order chi connectivity index (χ0) is 16.5. The Morgan fingerprint density at radius 2 is 1.26 bits per heavy atom. The van der Waals surface area contributed by atoms with Gasteiger partial charge in [-0.3, -0.25) is 9.05 Å². The smallest absolute Gasteiger partial charge is 0.285 e. The van der Waals surface area contributed by atoms with Gasteiger partial charge in [-0.1, -0.05) is 64.7 Å². The van der Waals surface area contributed by atoms with Crippen LogP contribution in [0, 0.1) is 0 Å². The van der Waals surface area contributed by atoms with Gasteiger partial charge in [0.05, 0.1) is 13.2 Å². The van der Waals surface area contributed by atoms with Crippen LogP contribution in [0.15, 0.2) is 0 Å². The Morgan fingerprint density at radius 1 is 0.826 bits per heavy atom. The molecule has 0 aliphatic carbocycles. The van der Waals surface area contributed by atoms with E-state index in [1.54, 1.807) is 0 Å². The van der Waals surface area contributed by atoms with Crippen molar-refractivity contribution in [1.82, 2.24) is 0 Å². The summed E-state index contributed by atoms with van der Waals surface area (Å²) in [6.45, 7) is 2.63. The molecule has 0 amide bonds. The second kappa shape index (κ2) is 19.7. The minimum absolute atomic E-state index is 0. The van der Waals surface area contributed by atoms with E-state index in [1.807, 2.05) is 0 Å². The summed E-state index contributed by atoms with van der Waals surface area (Å²) in [4.78, 5) is 0. The quantitative estimate of drug-likeness (QED) is 0.105. The molecule has 0 aromatic heterocycles. The summed E-state index contributed by atoms with van der Waals surface area (Å²) in [6, 6.07) is 0. The summed E-state index contributed by atoms with van der Waals surface area (Å²) in [5, 5.41) is 8.60. The number of phosphoric acid groups is 1. The molecule has 1 N–H and O–H groups in total. The maximum Gasteiger partial charge on any atom is 1.00 e. The van der Waals surface area contributed by atoms with Crippen molar-refractivity contribution in [3.8, 4) is 0 Å². The normalized spacial score (nSPS) is 13.5. The topological polar surface area (TPSA) is 65.0 Å². The summed E-state index contributed by atoms with van der Waals surface area (Å²) in [5.41, 5.74) is 0. The van der Waals surface area contributed by atoms with Crippen molar-refractivity contribution in [3.63, 3.8) is 0 Å². The van der Waals surface area contributed by atoms with Crippen molar-refractivity contribution in [2.45, 2.75) is 77.6 Å². The molecule has 0 heterocycles. The number of hydrogen-bond donors (Lipinski definition) is 1. The van der Waals surface area contributed by atoms with E-state index in [4.69, 9.17) is 25.9 Å². The Balaban J connectivity index is 0. The van der Waals surface area contributed by atoms with E-state index in [2.05, 4.69) is 11.6 Å². The van der Waals surface area contributed by atoms with Gasteiger partial charge in [0.2, 0.25) is 0 Å². The fourth-order valence-corrected chi connectivity index (χ4v) is 3.06. The number of unbranched alkanes of at least 4 members (excludes halogenated alkanes) is 9. The Bertz CT molecular complexity index is 285. The van der Waals surface area contributed by atoms with Crippen LogP contribution in [0.2, 0.25) is 0 Å². The first kappa shape index (κ1) is 26.6. The van der Waals surface area contributed by atoms with Crippen LogP contribution in [0.1, 0.15) is 77.6 Å². The van der Waals surface area contributed by atoms with Gasteiger partial charge in [-0.2, -0.15) is 0 Å². The minimum Gasteiger partial charge on any atom is -0.285 e. The van der Waals surface area contributed by atoms with Crippen molar-refractivity contribution in [2.24, 2.45) is 0 Å². The Labute approximate surface area is 168 Å². The summed E-state index contributed by atoms with van der Waals surface area (Å²) in [5.74, 6) is 0.393. The number of phosphoric ester groups is 1. The fraction of sp³-hybridized carbons (Fsp3) is 1.00. The molecule has 1 unspecified atom stereocenters. The third-order valence-electron chi connectivity index (χ3n) is 3.37. The molecule has 0 aromatic rings. The predicted molar refractivity (Wildman–Crippen MR) is 90.4 cm³/mol. The molecule has 0 fully saturated rings. The van der Waals surface area contributed by atoms with Gasteiger partial charge < -0.3 is 0 Å². The summed E-state index contributed by atoms with van der Waals surface area (Å²) >= 11 is 5.48. The van der Waals surface area contributed by atoms with Gasteiger partial charge in [0.15, 0.2) is 0 Å². The maximum atomic E-state index is 11.8. The summed E-state index contributed by atoms with van der Waals surface area (Å²) < 4.78 is 25.5. The molecule has 5 nitrogen and oxygen atoms in total. The summed E-state index contributed by atoms with van der Waals surface area (Å²) in [7, 11) is -3.81. The van der Waals surface area contributed by atoms with E-state index in [9.17, 15) is 4.57 Å². The molecule has 0 spiro atoms. The largest absolute Gasteiger partial charge is 1.00 e. The molecule has 23 heavy (non-hydrogen) atoms. The molecular formula is C15H32ClNaO5P+. The zero-order valence-electron chi connectivity index (χ0n) is 14.8. The van der Waals surface area contributed by atoms with Gasteiger partial charge in [0, 0.05) is 5.88 Å². The van der Waals surface area contributed by atoms with Crippen LogP contribution in [-0.4, -0.2) is 24.4 Å². The molecule has 0 radical (unpaired) electrons. The molecule has 0 aromatic carbocycles. The zero-order valence-corrected chi connectivity index (χ0v) is 18.5. The average molecular weight is 382 g/mol. The van der Waals surface area contributed by atoms with E-state index < -0.39 is 7.82 Å². The van der Waals surface area contributed by atoms with Crippen molar-refractivity contribution in [2.75, 3.05) is 19.1 Å².